The number of aliphatic hydroxyl groups excluding tert-OH is 3. The van der Waals surface area contributed by atoms with Crippen LogP contribution in [0.25, 0.3) is 0 Å². The lowest BCUT2D eigenvalue weighted by Crippen LogP contribution is -2.69. The summed E-state index contributed by atoms with van der Waals surface area (Å²) in [6, 6.07) is -4.21. The van der Waals surface area contributed by atoms with Crippen molar-refractivity contribution < 1.29 is 48.8 Å². The first-order valence-electron chi connectivity index (χ1n) is 18.0. The Morgan fingerprint density at radius 1 is 0.887 bits per heavy atom. The lowest BCUT2D eigenvalue weighted by molar-refractivity contribution is -0.198. The highest BCUT2D eigenvalue weighted by molar-refractivity contribution is 5.92. The highest BCUT2D eigenvalue weighted by Crippen LogP contribution is 2.22. The quantitative estimate of drug-likeness (QED) is 0.0484. The third kappa shape index (κ3) is 14.5. The number of nitrogens with zero attached hydrogens (tertiary/aromatic N) is 1. The first kappa shape index (κ1) is 43.5. The Labute approximate surface area is 307 Å². The molecule has 22 heteroatoms. The van der Waals surface area contributed by atoms with E-state index in [1.54, 1.807) is 0 Å². The van der Waals surface area contributed by atoms with Crippen molar-refractivity contribution in [2.45, 2.75) is 125 Å². The van der Waals surface area contributed by atoms with Crippen LogP contribution in [0.3, 0.4) is 0 Å². The van der Waals surface area contributed by atoms with Gasteiger partial charge in [0, 0.05) is 57.0 Å². The van der Waals surface area contributed by atoms with E-state index in [0.29, 0.717) is 51.7 Å². The van der Waals surface area contributed by atoms with Gasteiger partial charge in [-0.2, -0.15) is 0 Å². The van der Waals surface area contributed by atoms with Gasteiger partial charge in [0.15, 0.2) is 18.2 Å². The molecule has 11 atom stereocenters. The Bertz CT molecular complexity index is 1260. The van der Waals surface area contributed by atoms with Crippen molar-refractivity contribution in [3.05, 3.63) is 0 Å². The molecule has 0 saturated carbocycles. The van der Waals surface area contributed by atoms with E-state index in [1.807, 2.05) is 0 Å². The summed E-state index contributed by atoms with van der Waals surface area (Å²) >= 11 is 0. The average molecular weight is 759 g/mol. The van der Waals surface area contributed by atoms with Crippen molar-refractivity contribution in [2.75, 3.05) is 32.8 Å². The Morgan fingerprint density at radius 3 is 2.00 bits per heavy atom. The molecule has 302 valence electrons. The monoisotopic (exact) mass is 758 g/mol. The maximum atomic E-state index is 13.0. The first-order chi connectivity index (χ1) is 25.2. The molecule has 0 aliphatic carbocycles. The van der Waals surface area contributed by atoms with E-state index in [4.69, 9.17) is 38.1 Å². The van der Waals surface area contributed by atoms with E-state index in [1.165, 1.54) is 0 Å². The summed E-state index contributed by atoms with van der Waals surface area (Å²) in [5, 5.41) is 48.5. The lowest BCUT2D eigenvalue weighted by Gasteiger charge is -2.43. The molecular formula is C31H58N12O10. The Morgan fingerprint density at radius 2 is 1.45 bits per heavy atom. The van der Waals surface area contributed by atoms with Crippen molar-refractivity contribution in [1.29, 1.82) is 0 Å². The van der Waals surface area contributed by atoms with Crippen LogP contribution in [0.4, 0.5) is 4.79 Å². The number of aliphatic hydroxyl groups is 3. The normalized spacial score (nSPS) is 28.2. The predicted octanol–water partition coefficient (Wildman–Crippen LogP) is -6.53. The van der Waals surface area contributed by atoms with Gasteiger partial charge in [-0.25, -0.2) is 9.79 Å². The van der Waals surface area contributed by atoms with Crippen LogP contribution in [-0.4, -0.2) is 151 Å². The van der Waals surface area contributed by atoms with Crippen LogP contribution >= 0.6 is 0 Å². The third-order valence-electron chi connectivity index (χ3n) is 9.09. The fourth-order valence-corrected chi connectivity index (χ4v) is 6.20. The number of amides is 5. The molecule has 0 aromatic heterocycles. The zero-order chi connectivity index (χ0) is 39.1. The number of hydrogen-bond acceptors (Lipinski definition) is 17. The molecule has 3 heterocycles. The van der Waals surface area contributed by atoms with Crippen molar-refractivity contribution in [1.82, 2.24) is 31.9 Å². The highest BCUT2D eigenvalue weighted by Gasteiger charge is 2.48. The number of piperidine rings is 1. The number of β-amino-alcohol motifs (C(OH)–C–C–N with tert-alkyl or cyclic N) is 1. The van der Waals surface area contributed by atoms with Crippen LogP contribution in [0.2, 0.25) is 0 Å². The van der Waals surface area contributed by atoms with Crippen molar-refractivity contribution in [3.8, 4) is 0 Å². The number of nitrogens with two attached hydrogens (primary N) is 5. The number of nitrogens with one attached hydrogen (secondary N) is 6. The van der Waals surface area contributed by atoms with Crippen LogP contribution in [0.15, 0.2) is 4.99 Å². The zero-order valence-electron chi connectivity index (χ0n) is 29.8. The summed E-state index contributed by atoms with van der Waals surface area (Å²) in [6.45, 7) is 0.758. The smallest absolute Gasteiger partial charge is 0.404 e. The van der Waals surface area contributed by atoms with Crippen LogP contribution in [-0.2, 0) is 28.7 Å². The van der Waals surface area contributed by atoms with Gasteiger partial charge in [0.1, 0.15) is 31.0 Å². The number of hydrogen-bond donors (Lipinski definition) is 14. The van der Waals surface area contributed by atoms with Gasteiger partial charge in [0.05, 0.1) is 12.1 Å². The SMILES string of the molecule is NCCC[C@H](N)CC(=O)NCCC[C@H](N)CC(=O)NCCC[C@H](N)CC(=O)N[C@@H]1[C@H](O)[C@@H](O)[C@@H](COC(N)=O)O[C@H]1NC1=N[C@@H]2C(=O)NC[C@@H](O)[C@H]2N1. The molecule has 2 fully saturated rings. The number of aliphatic imine (C=N–C) groups is 1. The molecule has 53 heavy (non-hydrogen) atoms. The number of guanidine groups is 1. The van der Waals surface area contributed by atoms with Crippen molar-refractivity contribution >= 4 is 35.7 Å². The Kier molecular flexibility index (Phi) is 17.8. The van der Waals surface area contributed by atoms with Crippen LogP contribution in [0, 0.1) is 0 Å². The van der Waals surface area contributed by atoms with Crippen LogP contribution in [0.5, 0.6) is 0 Å². The number of carbonyl (C=O) groups is 5. The molecule has 3 aliphatic heterocycles. The molecule has 22 nitrogen and oxygen atoms in total. The minimum atomic E-state index is -1.63. The van der Waals surface area contributed by atoms with Gasteiger partial charge in [-0.1, -0.05) is 0 Å². The molecule has 0 spiro atoms. The lowest BCUT2D eigenvalue weighted by atomic mass is 9.95. The van der Waals surface area contributed by atoms with Crippen LogP contribution in [0.1, 0.15) is 57.8 Å². The molecule has 0 radical (unpaired) electrons. The highest BCUT2D eigenvalue weighted by atomic mass is 16.6. The van der Waals surface area contributed by atoms with Gasteiger partial charge >= 0.3 is 6.09 Å². The van der Waals surface area contributed by atoms with Crippen molar-refractivity contribution in [2.24, 2.45) is 33.7 Å². The standard InChI is InChI=1S/C31H58N12O10/c32-7-1-4-15(33)10-20(45)37-8-2-5-16(34)11-21(46)38-9-3-6-17(35)12-22(47)40-25-27(49)26(48)19(14-52-30(36)51)53-29(25)43-31-41-23-18(44)13-39-28(50)24(23)42-31/h15-19,23-27,29,44,48-49H,1-14,32-35H2,(H2,36,51)(H,37,45)(H,38,46)(H,39,50)(H,40,47)(H2,41,42,43)/t15-,16-,17-,18+,19+,23+,24-,25+,26-,27-,29+/m0/s1. The van der Waals surface area contributed by atoms with Gasteiger partial charge in [-0.3, -0.25) is 19.2 Å². The number of fused-ring (bicyclic) bond motifs is 1. The number of primary amides is 1. The topological polar surface area (TPSA) is 379 Å². The molecule has 2 saturated heterocycles. The van der Waals surface area contributed by atoms with Gasteiger partial charge in [0.2, 0.25) is 23.6 Å². The number of rotatable bonds is 21. The first-order valence-corrected chi connectivity index (χ1v) is 18.0. The second-order valence-electron chi connectivity index (χ2n) is 13.7. The van der Waals surface area contributed by atoms with E-state index >= 15 is 0 Å². The molecule has 0 unspecified atom stereocenters. The fourth-order valence-electron chi connectivity index (χ4n) is 6.20. The molecule has 19 N–H and O–H groups in total. The fraction of sp³-hybridized carbons (Fsp3) is 0.806. The maximum Gasteiger partial charge on any atom is 0.404 e. The number of ether oxygens (including phenoxy) is 2. The van der Waals surface area contributed by atoms with Gasteiger partial charge in [-0.05, 0) is 45.1 Å². The van der Waals surface area contributed by atoms with Crippen LogP contribution < -0.4 is 60.6 Å². The van der Waals surface area contributed by atoms with Gasteiger partial charge in [-0.15, -0.1) is 0 Å². The molecule has 0 bridgehead atoms. The molecule has 3 aliphatic rings. The van der Waals surface area contributed by atoms with Gasteiger partial charge < -0.3 is 85.4 Å². The zero-order valence-corrected chi connectivity index (χ0v) is 29.8. The van der Waals surface area contributed by atoms with E-state index in [2.05, 4.69) is 36.9 Å². The second kappa shape index (κ2) is 21.7. The maximum absolute atomic E-state index is 13.0. The molecule has 5 amide bonds. The predicted molar refractivity (Wildman–Crippen MR) is 189 cm³/mol. The van der Waals surface area contributed by atoms with E-state index < -0.39 is 85.4 Å². The molecule has 0 aromatic rings. The van der Waals surface area contributed by atoms with E-state index in [9.17, 15) is 39.3 Å². The minimum absolute atomic E-state index is 0.0174. The average Bonchev–Trinajstić information content (AvgIpc) is 3.53. The third-order valence-corrected chi connectivity index (χ3v) is 9.09. The summed E-state index contributed by atoms with van der Waals surface area (Å²) in [5.41, 5.74) is 28.7. The largest absolute Gasteiger partial charge is 0.447 e. The second-order valence-corrected chi connectivity index (χ2v) is 13.7. The number of carbonyl (C=O) groups excluding carboxylic acids is 5. The summed E-state index contributed by atoms with van der Waals surface area (Å²) in [7, 11) is 0. The summed E-state index contributed by atoms with van der Waals surface area (Å²) in [5.74, 6) is -1.34. The molecule has 0 aromatic carbocycles. The Hall–Kier alpha value is -3.90. The summed E-state index contributed by atoms with van der Waals surface area (Å²) in [6.07, 6.45) is -4.28. The van der Waals surface area contributed by atoms with Gasteiger partial charge in [0.25, 0.3) is 0 Å². The summed E-state index contributed by atoms with van der Waals surface area (Å²) in [4.78, 5) is 65.0. The molecule has 3 rings (SSSR count). The Balaban J connectivity index is 1.40. The molecular weight excluding hydrogens is 700 g/mol. The van der Waals surface area contributed by atoms with E-state index in [0.717, 1.165) is 6.42 Å². The summed E-state index contributed by atoms with van der Waals surface area (Å²) < 4.78 is 10.6. The minimum Gasteiger partial charge on any atom is -0.447 e. The van der Waals surface area contributed by atoms with Crippen molar-refractivity contribution in [3.63, 3.8) is 0 Å². The van der Waals surface area contributed by atoms with E-state index in [-0.39, 0.29) is 49.6 Å².